The third-order valence-corrected chi connectivity index (χ3v) is 2.90. The van der Waals surface area contributed by atoms with E-state index in [1.165, 1.54) is 0 Å². The van der Waals surface area contributed by atoms with Crippen molar-refractivity contribution in [3.63, 3.8) is 0 Å². The van der Waals surface area contributed by atoms with Gasteiger partial charge in [-0.25, -0.2) is 0 Å². The lowest BCUT2D eigenvalue weighted by Crippen LogP contribution is -2.47. The smallest absolute Gasteiger partial charge is 0.225 e. The summed E-state index contributed by atoms with van der Waals surface area (Å²) in [5, 5.41) is 5.64. The predicted molar refractivity (Wildman–Crippen MR) is 61.6 cm³/mol. The summed E-state index contributed by atoms with van der Waals surface area (Å²) in [5.74, 6) is -0.0412. The second kappa shape index (κ2) is 6.48. The Bertz CT molecular complexity index is 246. The Labute approximate surface area is 96.1 Å². The molecule has 5 heteroatoms. The minimum absolute atomic E-state index is 0.0175. The Hall–Kier alpha value is -1.10. The van der Waals surface area contributed by atoms with Gasteiger partial charge in [-0.15, -0.1) is 0 Å². The van der Waals surface area contributed by atoms with Gasteiger partial charge in [0.2, 0.25) is 11.8 Å². The number of carbonyl (C=O) groups is 2. The quantitative estimate of drug-likeness (QED) is 0.606. The molecule has 1 fully saturated rings. The lowest BCUT2D eigenvalue weighted by atomic mass is 9.97. The van der Waals surface area contributed by atoms with Crippen LogP contribution in [-0.2, 0) is 9.59 Å². The van der Waals surface area contributed by atoms with Crippen molar-refractivity contribution >= 4 is 11.8 Å². The molecule has 5 nitrogen and oxygen atoms in total. The minimum atomic E-state index is -0.0939. The highest BCUT2D eigenvalue weighted by atomic mass is 16.2. The molecule has 92 valence electrons. The highest BCUT2D eigenvalue weighted by Crippen LogP contribution is 2.11. The van der Waals surface area contributed by atoms with Gasteiger partial charge in [0.25, 0.3) is 0 Å². The fourth-order valence-electron chi connectivity index (χ4n) is 1.87. The van der Waals surface area contributed by atoms with E-state index in [4.69, 9.17) is 5.73 Å². The normalized spacial score (nSPS) is 22.4. The molecular formula is C11H21N3O2. The molecular weight excluding hydrogens is 206 g/mol. The summed E-state index contributed by atoms with van der Waals surface area (Å²) in [6, 6.07) is 0.0649. The predicted octanol–water partition coefficient (Wildman–Crippen LogP) is -0.244. The number of hydrogen-bond donors (Lipinski definition) is 3. The Morgan fingerprint density at radius 3 is 2.94 bits per heavy atom. The maximum Gasteiger partial charge on any atom is 0.225 e. The van der Waals surface area contributed by atoms with Crippen LogP contribution in [0, 0.1) is 5.92 Å². The lowest BCUT2D eigenvalue weighted by molar-refractivity contribution is -0.129. The highest BCUT2D eigenvalue weighted by Gasteiger charge is 2.25. The second-order valence-corrected chi connectivity index (χ2v) is 4.27. The van der Waals surface area contributed by atoms with Crippen molar-refractivity contribution in [2.75, 3.05) is 13.1 Å². The monoisotopic (exact) mass is 227 g/mol. The molecule has 0 saturated carbocycles. The molecule has 0 bridgehead atoms. The number of rotatable bonds is 5. The minimum Gasteiger partial charge on any atom is -0.355 e. The number of nitrogens with one attached hydrogen (secondary N) is 2. The van der Waals surface area contributed by atoms with E-state index in [1.807, 2.05) is 0 Å². The molecule has 1 heterocycles. The number of carbonyl (C=O) groups excluding carboxylic acids is 2. The molecule has 0 spiro atoms. The van der Waals surface area contributed by atoms with E-state index in [9.17, 15) is 9.59 Å². The first-order valence-electron chi connectivity index (χ1n) is 5.94. The van der Waals surface area contributed by atoms with Gasteiger partial charge in [-0.05, 0) is 12.8 Å². The summed E-state index contributed by atoms with van der Waals surface area (Å²) in [6.45, 7) is 2.99. The van der Waals surface area contributed by atoms with Gasteiger partial charge >= 0.3 is 0 Å². The molecule has 1 rings (SSSR count). The van der Waals surface area contributed by atoms with Crippen molar-refractivity contribution in [1.29, 1.82) is 0 Å². The van der Waals surface area contributed by atoms with Crippen LogP contribution < -0.4 is 16.4 Å². The van der Waals surface area contributed by atoms with Crippen LogP contribution in [0.5, 0.6) is 0 Å². The molecule has 0 radical (unpaired) electrons. The maximum absolute atomic E-state index is 11.8. The van der Waals surface area contributed by atoms with Gasteiger partial charge in [0.1, 0.15) is 0 Å². The van der Waals surface area contributed by atoms with Crippen molar-refractivity contribution in [3.05, 3.63) is 0 Å². The first-order chi connectivity index (χ1) is 7.67. The molecule has 1 aliphatic heterocycles. The van der Waals surface area contributed by atoms with Gasteiger partial charge < -0.3 is 16.4 Å². The van der Waals surface area contributed by atoms with E-state index in [0.717, 1.165) is 12.8 Å². The fraction of sp³-hybridized carbons (Fsp3) is 0.818. The van der Waals surface area contributed by atoms with Crippen LogP contribution in [0.3, 0.4) is 0 Å². The van der Waals surface area contributed by atoms with Gasteiger partial charge in [-0.1, -0.05) is 13.3 Å². The van der Waals surface area contributed by atoms with E-state index in [2.05, 4.69) is 17.6 Å². The lowest BCUT2D eigenvalue weighted by Gasteiger charge is -2.24. The molecule has 2 unspecified atom stereocenters. The Balaban J connectivity index is 2.36. The van der Waals surface area contributed by atoms with Gasteiger partial charge in [0, 0.05) is 25.6 Å². The summed E-state index contributed by atoms with van der Waals surface area (Å²) < 4.78 is 0. The van der Waals surface area contributed by atoms with E-state index in [0.29, 0.717) is 25.9 Å². The van der Waals surface area contributed by atoms with Gasteiger partial charge in [0.15, 0.2) is 0 Å². The zero-order valence-electron chi connectivity index (χ0n) is 9.79. The van der Waals surface area contributed by atoms with Crippen molar-refractivity contribution in [2.24, 2.45) is 11.7 Å². The van der Waals surface area contributed by atoms with Crippen LogP contribution in [0.25, 0.3) is 0 Å². The zero-order valence-corrected chi connectivity index (χ0v) is 9.79. The molecule has 2 atom stereocenters. The Morgan fingerprint density at radius 2 is 2.44 bits per heavy atom. The molecule has 4 N–H and O–H groups in total. The van der Waals surface area contributed by atoms with Crippen LogP contribution >= 0.6 is 0 Å². The first-order valence-corrected chi connectivity index (χ1v) is 5.94. The third-order valence-electron chi connectivity index (χ3n) is 2.90. The molecule has 0 aromatic rings. The summed E-state index contributed by atoms with van der Waals surface area (Å²) >= 11 is 0. The van der Waals surface area contributed by atoms with E-state index in [1.54, 1.807) is 0 Å². The third kappa shape index (κ3) is 3.81. The van der Waals surface area contributed by atoms with Crippen molar-refractivity contribution in [2.45, 2.75) is 38.6 Å². The molecule has 1 saturated heterocycles. The summed E-state index contributed by atoms with van der Waals surface area (Å²) in [4.78, 5) is 22.8. The molecule has 0 aromatic carbocycles. The number of amides is 2. The molecule has 0 aliphatic carbocycles. The first kappa shape index (κ1) is 13.0. The summed E-state index contributed by atoms with van der Waals surface area (Å²) in [5.41, 5.74) is 5.57. The maximum atomic E-state index is 11.8. The van der Waals surface area contributed by atoms with E-state index >= 15 is 0 Å². The zero-order chi connectivity index (χ0) is 12.0. The van der Waals surface area contributed by atoms with Crippen molar-refractivity contribution < 1.29 is 9.59 Å². The number of piperidine rings is 1. The average molecular weight is 227 g/mol. The van der Waals surface area contributed by atoms with Crippen molar-refractivity contribution in [3.8, 4) is 0 Å². The van der Waals surface area contributed by atoms with Gasteiger partial charge in [0.05, 0.1) is 5.92 Å². The average Bonchev–Trinajstić information content (AvgIpc) is 2.29. The van der Waals surface area contributed by atoms with Crippen LogP contribution in [0.15, 0.2) is 0 Å². The fourth-order valence-corrected chi connectivity index (χ4v) is 1.87. The number of nitrogens with two attached hydrogens (primary N) is 1. The molecule has 0 aromatic heterocycles. The summed E-state index contributed by atoms with van der Waals surface area (Å²) in [6.07, 6.45) is 2.99. The molecule has 16 heavy (non-hydrogen) atoms. The van der Waals surface area contributed by atoms with Crippen molar-refractivity contribution in [1.82, 2.24) is 10.6 Å². The summed E-state index contributed by atoms with van der Waals surface area (Å²) in [7, 11) is 0. The van der Waals surface area contributed by atoms with Crippen LogP contribution in [0.4, 0.5) is 0 Å². The van der Waals surface area contributed by atoms with Crippen LogP contribution in [0.2, 0.25) is 0 Å². The second-order valence-electron chi connectivity index (χ2n) is 4.27. The van der Waals surface area contributed by atoms with Crippen LogP contribution in [-0.4, -0.2) is 30.9 Å². The largest absolute Gasteiger partial charge is 0.355 e. The standard InChI is InChI=1S/C11H21N3O2/c1-2-3-9(6-12)14-11(16)8-4-5-10(15)13-7-8/h8-9H,2-7,12H2,1H3,(H,13,15)(H,14,16). The van der Waals surface area contributed by atoms with E-state index in [-0.39, 0.29) is 23.8 Å². The Morgan fingerprint density at radius 1 is 1.69 bits per heavy atom. The van der Waals surface area contributed by atoms with E-state index < -0.39 is 0 Å². The molecule has 1 aliphatic rings. The topological polar surface area (TPSA) is 84.2 Å². The van der Waals surface area contributed by atoms with Gasteiger partial charge in [-0.2, -0.15) is 0 Å². The van der Waals surface area contributed by atoms with Gasteiger partial charge in [-0.3, -0.25) is 9.59 Å². The number of hydrogen-bond acceptors (Lipinski definition) is 3. The SMILES string of the molecule is CCCC(CN)NC(=O)C1CCC(=O)NC1. The van der Waals surface area contributed by atoms with Crippen LogP contribution in [0.1, 0.15) is 32.6 Å². The Kier molecular flexibility index (Phi) is 5.25. The highest BCUT2D eigenvalue weighted by molar-refractivity contribution is 5.83. The molecule has 2 amide bonds.